The van der Waals surface area contributed by atoms with Crippen LogP contribution in [0.3, 0.4) is 0 Å². The van der Waals surface area contributed by atoms with E-state index in [1.54, 1.807) is 0 Å². The first-order valence-electron chi connectivity index (χ1n) is 3.26. The number of carboxylic acids is 1. The van der Waals surface area contributed by atoms with Gasteiger partial charge >= 0.3 is 43.7 Å². The summed E-state index contributed by atoms with van der Waals surface area (Å²) in [5, 5.41) is 26.0. The summed E-state index contributed by atoms with van der Waals surface area (Å²) in [6.45, 7) is 3.28. The number of rotatable bonds is 5. The maximum Gasteiger partial charge on any atom is 2.00 e. The number of aliphatic hydroxyl groups excluding tert-OH is 2. The summed E-state index contributed by atoms with van der Waals surface area (Å²) >= 11 is 0. The van der Waals surface area contributed by atoms with Gasteiger partial charge in [-0.15, -0.1) is 6.58 Å². The van der Waals surface area contributed by atoms with Crippen LogP contribution < -0.4 is 0 Å². The molecule has 0 radical (unpaired) electrons. The zero-order chi connectivity index (χ0) is 8.85. The van der Waals surface area contributed by atoms with E-state index >= 15 is 0 Å². The monoisotopic (exact) mass is 202 g/mol. The summed E-state index contributed by atoms with van der Waals surface area (Å²) in [6.07, 6.45) is -0.893. The standard InChI is InChI=1S/C7H12O4.Ca.2H/c1-2-5(8)3-6(9)4-7(10)11;;;/h2,5-6,8-9H,1,3-4H2,(H,10,11);;;/q;+2;2*-1. The topological polar surface area (TPSA) is 77.8 Å². The van der Waals surface area contributed by atoms with Gasteiger partial charge in [0.05, 0.1) is 18.6 Å². The number of aliphatic carboxylic acids is 1. The Balaban J connectivity index is -0.000000167. The van der Waals surface area contributed by atoms with Gasteiger partial charge in [-0.3, -0.25) is 4.79 Å². The normalized spacial score (nSPS) is 14.2. The minimum Gasteiger partial charge on any atom is -1.00 e. The van der Waals surface area contributed by atoms with Crippen LogP contribution in [0.15, 0.2) is 12.7 Å². The molecule has 68 valence electrons. The van der Waals surface area contributed by atoms with Crippen molar-refractivity contribution in [3.8, 4) is 0 Å². The summed E-state index contributed by atoms with van der Waals surface area (Å²) in [5.41, 5.74) is 0. The van der Waals surface area contributed by atoms with Gasteiger partial charge in [-0.1, -0.05) is 6.08 Å². The molecular weight excluding hydrogens is 188 g/mol. The zero-order valence-corrected chi connectivity index (χ0v) is 9.02. The summed E-state index contributed by atoms with van der Waals surface area (Å²) in [4.78, 5) is 10.0. The van der Waals surface area contributed by atoms with Crippen LogP contribution in [0.25, 0.3) is 0 Å². The molecule has 0 bridgehead atoms. The minimum atomic E-state index is -1.08. The molecule has 0 aliphatic heterocycles. The Labute approximate surface area is 104 Å². The molecule has 3 N–H and O–H groups in total. The fraction of sp³-hybridized carbons (Fsp3) is 0.571. The van der Waals surface area contributed by atoms with E-state index in [1.807, 2.05) is 0 Å². The molecule has 0 amide bonds. The molecule has 0 aliphatic rings. The quantitative estimate of drug-likeness (QED) is 0.419. The Hall–Kier alpha value is 0.390. The molecule has 0 aromatic rings. The van der Waals surface area contributed by atoms with Crippen molar-refractivity contribution in [2.75, 3.05) is 0 Å². The van der Waals surface area contributed by atoms with Crippen molar-refractivity contribution in [3.63, 3.8) is 0 Å². The fourth-order valence-electron chi connectivity index (χ4n) is 0.660. The molecule has 0 aliphatic carbocycles. The summed E-state index contributed by atoms with van der Waals surface area (Å²) in [6, 6.07) is 0. The van der Waals surface area contributed by atoms with E-state index in [0.29, 0.717) is 0 Å². The number of carboxylic acid groups (broad SMARTS) is 1. The molecule has 0 rings (SSSR count). The molecular formula is C7H14CaO4. The Kier molecular flexibility index (Phi) is 9.94. The van der Waals surface area contributed by atoms with Crippen LogP contribution in [0.5, 0.6) is 0 Å². The minimum absolute atomic E-state index is 0. The predicted molar refractivity (Wildman–Crippen MR) is 47.1 cm³/mol. The molecule has 2 unspecified atom stereocenters. The van der Waals surface area contributed by atoms with Crippen LogP contribution >= 0.6 is 0 Å². The number of carbonyl (C=O) groups is 1. The van der Waals surface area contributed by atoms with Gasteiger partial charge in [0.1, 0.15) is 0 Å². The zero-order valence-electron chi connectivity index (χ0n) is 8.81. The third-order valence-electron chi connectivity index (χ3n) is 1.20. The SMILES string of the molecule is C=CC(O)CC(O)CC(=O)O.[Ca+2].[H-].[H-]. The Bertz CT molecular complexity index is 157. The van der Waals surface area contributed by atoms with E-state index in [9.17, 15) is 4.79 Å². The fourth-order valence-corrected chi connectivity index (χ4v) is 0.660. The maximum absolute atomic E-state index is 10.0. The predicted octanol–water partition coefficient (Wildman–Crippen LogP) is -0.397. The van der Waals surface area contributed by atoms with Crippen molar-refractivity contribution in [1.82, 2.24) is 0 Å². The molecule has 0 saturated heterocycles. The molecule has 0 aromatic carbocycles. The van der Waals surface area contributed by atoms with Crippen LogP contribution in [-0.4, -0.2) is 71.2 Å². The summed E-state index contributed by atoms with van der Waals surface area (Å²) in [7, 11) is 0. The van der Waals surface area contributed by atoms with Gasteiger partial charge in [-0.2, -0.15) is 0 Å². The van der Waals surface area contributed by atoms with Gasteiger partial charge in [0.25, 0.3) is 0 Å². The summed E-state index contributed by atoms with van der Waals surface area (Å²) < 4.78 is 0. The second kappa shape index (κ2) is 8.01. The van der Waals surface area contributed by atoms with Crippen molar-refractivity contribution < 1.29 is 23.0 Å². The van der Waals surface area contributed by atoms with E-state index in [1.165, 1.54) is 6.08 Å². The third-order valence-corrected chi connectivity index (χ3v) is 1.20. The van der Waals surface area contributed by atoms with E-state index < -0.39 is 18.2 Å². The molecule has 0 aromatic heterocycles. The van der Waals surface area contributed by atoms with Gasteiger partial charge in [0, 0.05) is 6.42 Å². The van der Waals surface area contributed by atoms with Crippen LogP contribution in [0.4, 0.5) is 0 Å². The van der Waals surface area contributed by atoms with Gasteiger partial charge in [-0.05, 0) is 0 Å². The van der Waals surface area contributed by atoms with Gasteiger partial charge < -0.3 is 18.2 Å². The van der Waals surface area contributed by atoms with Crippen LogP contribution in [0, 0.1) is 0 Å². The Morgan fingerprint density at radius 1 is 1.58 bits per heavy atom. The van der Waals surface area contributed by atoms with Gasteiger partial charge in [-0.25, -0.2) is 0 Å². The van der Waals surface area contributed by atoms with Crippen molar-refractivity contribution in [2.45, 2.75) is 25.0 Å². The molecule has 0 spiro atoms. The van der Waals surface area contributed by atoms with Crippen molar-refractivity contribution in [2.24, 2.45) is 0 Å². The molecule has 0 fully saturated rings. The largest absolute Gasteiger partial charge is 2.00 e. The average molecular weight is 202 g/mol. The molecule has 4 nitrogen and oxygen atoms in total. The van der Waals surface area contributed by atoms with Crippen LogP contribution in [0.2, 0.25) is 0 Å². The second-order valence-corrected chi connectivity index (χ2v) is 2.29. The molecule has 2 atom stereocenters. The average Bonchev–Trinajstić information content (AvgIpc) is 1.85. The molecule has 0 saturated carbocycles. The first kappa shape index (κ1) is 14.9. The smallest absolute Gasteiger partial charge is 1.00 e. The van der Waals surface area contributed by atoms with E-state index in [2.05, 4.69) is 6.58 Å². The Morgan fingerprint density at radius 2 is 2.08 bits per heavy atom. The first-order valence-corrected chi connectivity index (χ1v) is 3.26. The summed E-state index contributed by atoms with van der Waals surface area (Å²) in [5.74, 6) is -1.08. The van der Waals surface area contributed by atoms with Gasteiger partial charge in [0.2, 0.25) is 0 Å². The first-order chi connectivity index (χ1) is 5.06. The molecule has 0 heterocycles. The molecule has 5 heteroatoms. The molecule has 12 heavy (non-hydrogen) atoms. The Morgan fingerprint density at radius 3 is 2.42 bits per heavy atom. The maximum atomic E-state index is 10.0. The van der Waals surface area contributed by atoms with E-state index in [0.717, 1.165) is 0 Å². The number of hydrogen-bond donors (Lipinski definition) is 3. The van der Waals surface area contributed by atoms with Crippen LogP contribution in [-0.2, 0) is 4.79 Å². The van der Waals surface area contributed by atoms with Crippen molar-refractivity contribution >= 4 is 43.7 Å². The van der Waals surface area contributed by atoms with E-state index in [-0.39, 0.29) is 53.4 Å². The van der Waals surface area contributed by atoms with Crippen LogP contribution in [0.1, 0.15) is 15.7 Å². The van der Waals surface area contributed by atoms with Crippen molar-refractivity contribution in [3.05, 3.63) is 12.7 Å². The van der Waals surface area contributed by atoms with Crippen molar-refractivity contribution in [1.29, 1.82) is 0 Å². The van der Waals surface area contributed by atoms with Gasteiger partial charge in [0.15, 0.2) is 0 Å². The third kappa shape index (κ3) is 8.49. The number of hydrogen-bond acceptors (Lipinski definition) is 3. The number of aliphatic hydroxyl groups is 2. The van der Waals surface area contributed by atoms with E-state index in [4.69, 9.17) is 15.3 Å². The second-order valence-electron chi connectivity index (χ2n) is 2.29.